The molecule has 0 aliphatic carbocycles. The summed E-state index contributed by atoms with van der Waals surface area (Å²) in [5.74, 6) is 0.951. The molecule has 4 N–H and O–H groups in total. The van der Waals surface area contributed by atoms with Gasteiger partial charge in [0.2, 0.25) is 5.95 Å². The first-order chi connectivity index (χ1) is 17.7. The van der Waals surface area contributed by atoms with Crippen LogP contribution in [0.15, 0.2) is 72.9 Å². The van der Waals surface area contributed by atoms with Crippen LogP contribution >= 0.6 is 11.6 Å². The second-order valence-corrected chi connectivity index (χ2v) is 10.5. The number of benzene rings is 3. The van der Waals surface area contributed by atoms with Crippen LogP contribution in [0.5, 0.6) is 0 Å². The van der Waals surface area contributed by atoms with E-state index in [1.54, 1.807) is 6.20 Å². The number of halogens is 1. The van der Waals surface area contributed by atoms with E-state index in [0.717, 1.165) is 52.3 Å². The van der Waals surface area contributed by atoms with Gasteiger partial charge in [-0.05, 0) is 71.3 Å². The molecule has 5 rings (SSSR count). The lowest BCUT2D eigenvalue weighted by atomic mass is 9.86. The number of rotatable bonds is 2. The molecule has 1 aliphatic heterocycles. The molecule has 2 heterocycles. The highest BCUT2D eigenvalue weighted by Crippen LogP contribution is 2.31. The number of fused-ring (bicyclic) bond motifs is 6. The maximum absolute atomic E-state index is 13.1. The molecule has 1 aliphatic rings. The van der Waals surface area contributed by atoms with E-state index >= 15 is 0 Å². The highest BCUT2D eigenvalue weighted by molar-refractivity contribution is 6.32. The van der Waals surface area contributed by atoms with E-state index in [1.807, 2.05) is 54.6 Å². The number of hydrogen-bond donors (Lipinski definition) is 4. The molecule has 3 aromatic carbocycles. The van der Waals surface area contributed by atoms with Crippen molar-refractivity contribution in [2.45, 2.75) is 39.0 Å². The Kier molecular flexibility index (Phi) is 6.72. The smallest absolute Gasteiger partial charge is 0.323 e. The maximum Gasteiger partial charge on any atom is 0.323 e. The van der Waals surface area contributed by atoms with Gasteiger partial charge in [0.1, 0.15) is 5.02 Å². The molecule has 0 spiro atoms. The van der Waals surface area contributed by atoms with Crippen molar-refractivity contribution in [3.8, 4) is 0 Å². The van der Waals surface area contributed by atoms with Gasteiger partial charge in [0.05, 0.1) is 6.20 Å². The molecule has 0 saturated heterocycles. The SMILES string of the molecule is CC(C)(C)c1ccccc1NC(=O)Nc1ccc2cc1CCc1cccc(c1)Nc1ncc(Cl)c(n1)N2. The zero-order valence-electron chi connectivity index (χ0n) is 21.0. The number of amides is 2. The van der Waals surface area contributed by atoms with Crippen LogP contribution in [0.1, 0.15) is 37.5 Å². The zero-order chi connectivity index (χ0) is 26.0. The average molecular weight is 513 g/mol. The van der Waals surface area contributed by atoms with Gasteiger partial charge in [0.15, 0.2) is 5.82 Å². The molecule has 7 nitrogen and oxygen atoms in total. The number of aromatic nitrogens is 2. The summed E-state index contributed by atoms with van der Waals surface area (Å²) < 4.78 is 0. The fourth-order valence-corrected chi connectivity index (χ4v) is 4.52. The Morgan fingerprint density at radius 3 is 2.51 bits per heavy atom. The minimum atomic E-state index is -0.286. The number of aryl methyl sites for hydroxylation is 2. The van der Waals surface area contributed by atoms with Crippen LogP contribution in [-0.2, 0) is 18.3 Å². The van der Waals surface area contributed by atoms with E-state index in [2.05, 4.69) is 64.1 Å². The predicted molar refractivity (Wildman–Crippen MR) is 152 cm³/mol. The third kappa shape index (κ3) is 5.84. The highest BCUT2D eigenvalue weighted by atomic mass is 35.5. The van der Waals surface area contributed by atoms with Crippen molar-refractivity contribution in [1.29, 1.82) is 0 Å². The van der Waals surface area contributed by atoms with Crippen LogP contribution in [0, 0.1) is 0 Å². The number of para-hydroxylation sites is 1. The van der Waals surface area contributed by atoms with E-state index in [-0.39, 0.29) is 11.4 Å². The van der Waals surface area contributed by atoms with E-state index in [4.69, 9.17) is 11.6 Å². The molecule has 0 atom stereocenters. The van der Waals surface area contributed by atoms with Crippen LogP contribution < -0.4 is 21.3 Å². The predicted octanol–water partition coefficient (Wildman–Crippen LogP) is 7.66. The summed E-state index contributed by atoms with van der Waals surface area (Å²) >= 11 is 6.37. The van der Waals surface area contributed by atoms with Gasteiger partial charge in [-0.1, -0.05) is 62.7 Å². The highest BCUT2D eigenvalue weighted by Gasteiger charge is 2.19. The molecule has 1 aromatic heterocycles. The lowest BCUT2D eigenvalue weighted by Gasteiger charge is -2.23. The van der Waals surface area contributed by atoms with Gasteiger partial charge in [-0.2, -0.15) is 4.98 Å². The van der Waals surface area contributed by atoms with Crippen LogP contribution in [0.4, 0.5) is 39.3 Å². The second-order valence-electron chi connectivity index (χ2n) is 10.1. The molecule has 8 heteroatoms. The Balaban J connectivity index is 1.45. The summed E-state index contributed by atoms with van der Waals surface area (Å²) in [5, 5.41) is 13.0. The van der Waals surface area contributed by atoms with Gasteiger partial charge >= 0.3 is 6.03 Å². The molecule has 0 fully saturated rings. The molecule has 2 amide bonds. The Hall–Kier alpha value is -4.10. The molecule has 6 bridgehead atoms. The molecule has 4 aromatic rings. The van der Waals surface area contributed by atoms with E-state index in [0.29, 0.717) is 16.8 Å². The molecule has 37 heavy (non-hydrogen) atoms. The van der Waals surface area contributed by atoms with Gasteiger partial charge in [-0.3, -0.25) is 0 Å². The Morgan fingerprint density at radius 2 is 1.68 bits per heavy atom. The number of carbonyl (C=O) groups is 1. The minimum absolute atomic E-state index is 0.0996. The van der Waals surface area contributed by atoms with Crippen LogP contribution in [0.25, 0.3) is 0 Å². The minimum Gasteiger partial charge on any atom is -0.339 e. The van der Waals surface area contributed by atoms with Crippen molar-refractivity contribution in [1.82, 2.24) is 9.97 Å². The largest absolute Gasteiger partial charge is 0.339 e. The molecular formula is C29H29ClN6O. The maximum atomic E-state index is 13.1. The quantitative estimate of drug-likeness (QED) is 0.221. The van der Waals surface area contributed by atoms with Gasteiger partial charge in [0, 0.05) is 22.7 Å². The first kappa shape index (κ1) is 24.6. The van der Waals surface area contributed by atoms with Crippen molar-refractivity contribution in [3.63, 3.8) is 0 Å². The van der Waals surface area contributed by atoms with Crippen molar-refractivity contribution >= 4 is 52.1 Å². The Labute approximate surface area is 221 Å². The zero-order valence-corrected chi connectivity index (χ0v) is 21.8. The first-order valence-electron chi connectivity index (χ1n) is 12.2. The lowest BCUT2D eigenvalue weighted by molar-refractivity contribution is 0.262. The topological polar surface area (TPSA) is 91.0 Å². The second kappa shape index (κ2) is 10.1. The van der Waals surface area contributed by atoms with Crippen LogP contribution in [0.3, 0.4) is 0 Å². The third-order valence-corrected chi connectivity index (χ3v) is 6.49. The summed E-state index contributed by atoms with van der Waals surface area (Å²) in [4.78, 5) is 21.9. The van der Waals surface area contributed by atoms with Gasteiger partial charge in [0.25, 0.3) is 0 Å². The van der Waals surface area contributed by atoms with Gasteiger partial charge in [-0.25, -0.2) is 9.78 Å². The number of carbonyl (C=O) groups excluding carboxylic acids is 1. The van der Waals surface area contributed by atoms with Crippen molar-refractivity contribution < 1.29 is 4.79 Å². The number of urea groups is 1. The number of nitrogens with zero attached hydrogens (tertiary/aromatic N) is 2. The monoisotopic (exact) mass is 512 g/mol. The average Bonchev–Trinajstić information content (AvgIpc) is 2.86. The summed E-state index contributed by atoms with van der Waals surface area (Å²) in [6.07, 6.45) is 3.09. The van der Waals surface area contributed by atoms with E-state index in [9.17, 15) is 4.79 Å². The molecule has 0 saturated carbocycles. The van der Waals surface area contributed by atoms with Crippen LogP contribution in [0.2, 0.25) is 5.02 Å². The molecule has 188 valence electrons. The van der Waals surface area contributed by atoms with E-state index in [1.165, 1.54) is 0 Å². The van der Waals surface area contributed by atoms with Crippen LogP contribution in [-0.4, -0.2) is 16.0 Å². The lowest BCUT2D eigenvalue weighted by Crippen LogP contribution is -2.23. The van der Waals surface area contributed by atoms with Crippen molar-refractivity contribution in [3.05, 3.63) is 94.6 Å². The summed E-state index contributed by atoms with van der Waals surface area (Å²) in [7, 11) is 0. The summed E-state index contributed by atoms with van der Waals surface area (Å²) in [6, 6.07) is 21.6. The molecular weight excluding hydrogens is 484 g/mol. The third-order valence-electron chi connectivity index (χ3n) is 6.21. The number of anilines is 6. The van der Waals surface area contributed by atoms with Crippen molar-refractivity contribution in [2.75, 3.05) is 21.3 Å². The van der Waals surface area contributed by atoms with Gasteiger partial charge in [-0.15, -0.1) is 0 Å². The Bertz CT molecular complexity index is 1460. The number of nitrogens with one attached hydrogen (secondary N) is 4. The fraction of sp³-hybridized carbons (Fsp3) is 0.207. The molecule has 0 radical (unpaired) electrons. The summed E-state index contributed by atoms with van der Waals surface area (Å²) in [5.41, 5.74) is 6.38. The van der Waals surface area contributed by atoms with E-state index < -0.39 is 0 Å². The standard InChI is InChI=1S/C29H29ClN6O/c1-29(2,3)22-9-4-5-10-25(22)35-28(37)34-24-14-13-21-16-19(24)12-11-18-7-6-8-20(15-18)33-27-31-17-23(30)26(32-21)36-27/h4-10,13-17H,11-12H2,1-3H3,(H2,34,35,37)(H2,31,32,33,36). The summed E-state index contributed by atoms with van der Waals surface area (Å²) in [6.45, 7) is 6.39. The fourth-order valence-electron chi connectivity index (χ4n) is 4.39. The van der Waals surface area contributed by atoms with Crippen molar-refractivity contribution in [2.24, 2.45) is 0 Å². The Morgan fingerprint density at radius 1 is 0.892 bits per heavy atom. The number of hydrogen-bond acceptors (Lipinski definition) is 5. The molecule has 0 unspecified atom stereocenters. The van der Waals surface area contributed by atoms with Gasteiger partial charge < -0.3 is 21.3 Å². The first-order valence-corrected chi connectivity index (χ1v) is 12.6. The normalized spacial score (nSPS) is 12.6.